The highest BCUT2D eigenvalue weighted by molar-refractivity contribution is 5.94. The third kappa shape index (κ3) is 3.90. The van der Waals surface area contributed by atoms with Crippen molar-refractivity contribution in [2.75, 3.05) is 0 Å². The molecule has 4 saturated carbocycles. The Balaban J connectivity index is 1.55. The zero-order chi connectivity index (χ0) is 24.2. The summed E-state index contributed by atoms with van der Waals surface area (Å²) in [4.78, 5) is 0. The molecule has 0 radical (unpaired) electrons. The molecule has 4 rings (SSSR count). The van der Waals surface area contributed by atoms with E-state index in [0.717, 1.165) is 42.9 Å². The molecule has 4 fully saturated rings. The molecule has 4 aliphatic rings. The normalized spacial score (nSPS) is 48.3. The van der Waals surface area contributed by atoms with Gasteiger partial charge in [0.15, 0.2) is 0 Å². The van der Waals surface area contributed by atoms with Crippen molar-refractivity contribution < 1.29 is 15.4 Å². The van der Waals surface area contributed by atoms with Crippen LogP contribution in [0.1, 0.15) is 112 Å². The van der Waals surface area contributed by atoms with Gasteiger partial charge in [0.1, 0.15) is 5.60 Å². The molecule has 0 aromatic carbocycles. The average Bonchev–Trinajstić information content (AvgIpc) is 3.11. The van der Waals surface area contributed by atoms with E-state index in [1.165, 1.54) is 38.5 Å². The second-order valence-corrected chi connectivity index (χ2v) is 13.5. The Hall–Kier alpha value is -0.610. The zero-order valence-corrected chi connectivity index (χ0v) is 22.2. The molecular weight excluding hydrogens is 410 g/mol. The SMILES string of the molecule is CC[C@H](CC[C@@H](C)[C@H]1CC[C@H]2[C@@H]3C/C(=N/O)[C@]4(O)C[C@@H](O)CC[C@]4(C)[C@H]3CC[C@]12C)C(C)C. The van der Waals surface area contributed by atoms with Crippen molar-refractivity contribution in [1.82, 2.24) is 0 Å². The smallest absolute Gasteiger partial charge is 0.114 e. The first-order chi connectivity index (χ1) is 15.5. The van der Waals surface area contributed by atoms with Gasteiger partial charge in [-0.25, -0.2) is 0 Å². The molecular formula is C29H51NO3. The fourth-order valence-corrected chi connectivity index (χ4v) is 9.83. The summed E-state index contributed by atoms with van der Waals surface area (Å²) in [5.41, 5.74) is -0.548. The second-order valence-electron chi connectivity index (χ2n) is 13.5. The van der Waals surface area contributed by atoms with Gasteiger partial charge in [-0.2, -0.15) is 0 Å². The van der Waals surface area contributed by atoms with Crippen molar-refractivity contribution in [3.05, 3.63) is 0 Å². The quantitative estimate of drug-likeness (QED) is 0.306. The molecule has 10 atom stereocenters. The van der Waals surface area contributed by atoms with Crippen LogP contribution in [0.25, 0.3) is 0 Å². The van der Waals surface area contributed by atoms with E-state index >= 15 is 0 Å². The standard InChI is InChI=1S/C29H51NO3/c1-7-20(18(2)3)9-8-19(4)23-10-11-24-22-16-26(30-33)29(32)17-21(31)12-15-28(29,6)25(22)13-14-27(23,24)5/h18-25,31-33H,7-17H2,1-6H3/b30-26-/t19-,20-,21+,22+,23-,24+,25+,27-,28-,29-/m1/s1. The molecule has 0 amide bonds. The predicted molar refractivity (Wildman–Crippen MR) is 134 cm³/mol. The molecule has 0 spiro atoms. The average molecular weight is 462 g/mol. The molecule has 0 aromatic rings. The van der Waals surface area contributed by atoms with Gasteiger partial charge in [-0.3, -0.25) is 0 Å². The van der Waals surface area contributed by atoms with Gasteiger partial charge < -0.3 is 15.4 Å². The largest absolute Gasteiger partial charge is 0.411 e. The summed E-state index contributed by atoms with van der Waals surface area (Å²) >= 11 is 0. The molecule has 33 heavy (non-hydrogen) atoms. The van der Waals surface area contributed by atoms with Gasteiger partial charge in [-0.15, -0.1) is 0 Å². The molecule has 4 heteroatoms. The number of aliphatic hydroxyl groups excluding tert-OH is 1. The molecule has 4 nitrogen and oxygen atoms in total. The van der Waals surface area contributed by atoms with E-state index in [-0.39, 0.29) is 5.41 Å². The maximum Gasteiger partial charge on any atom is 0.114 e. The highest BCUT2D eigenvalue weighted by Crippen LogP contribution is 2.68. The number of fused-ring (bicyclic) bond motifs is 5. The molecule has 0 unspecified atom stereocenters. The minimum Gasteiger partial charge on any atom is -0.411 e. The topological polar surface area (TPSA) is 73.1 Å². The van der Waals surface area contributed by atoms with Crippen LogP contribution in [0.4, 0.5) is 0 Å². The highest BCUT2D eigenvalue weighted by atomic mass is 16.4. The number of oxime groups is 1. The van der Waals surface area contributed by atoms with Crippen LogP contribution in [0.15, 0.2) is 5.16 Å². The van der Waals surface area contributed by atoms with Crippen molar-refractivity contribution in [2.45, 2.75) is 124 Å². The first-order valence-electron chi connectivity index (χ1n) is 14.1. The van der Waals surface area contributed by atoms with Gasteiger partial charge in [0.25, 0.3) is 0 Å². The fourth-order valence-electron chi connectivity index (χ4n) is 9.83. The van der Waals surface area contributed by atoms with Crippen LogP contribution >= 0.6 is 0 Å². The van der Waals surface area contributed by atoms with Crippen molar-refractivity contribution in [3.63, 3.8) is 0 Å². The summed E-state index contributed by atoms with van der Waals surface area (Å²) < 4.78 is 0. The Morgan fingerprint density at radius 1 is 1.00 bits per heavy atom. The van der Waals surface area contributed by atoms with Crippen LogP contribution in [0, 0.1) is 52.3 Å². The predicted octanol–water partition coefficient (Wildman–Crippen LogP) is 6.66. The lowest BCUT2D eigenvalue weighted by molar-refractivity contribution is -0.170. The lowest BCUT2D eigenvalue weighted by Crippen LogP contribution is -2.67. The van der Waals surface area contributed by atoms with Crippen molar-refractivity contribution >= 4 is 5.71 Å². The first-order valence-corrected chi connectivity index (χ1v) is 14.1. The van der Waals surface area contributed by atoms with Gasteiger partial charge in [0, 0.05) is 11.8 Å². The summed E-state index contributed by atoms with van der Waals surface area (Å²) in [6.07, 6.45) is 11.1. The van der Waals surface area contributed by atoms with Gasteiger partial charge in [0.05, 0.1) is 11.8 Å². The van der Waals surface area contributed by atoms with Gasteiger partial charge >= 0.3 is 0 Å². The molecule has 190 valence electrons. The van der Waals surface area contributed by atoms with Gasteiger partial charge in [-0.1, -0.05) is 59.5 Å². The summed E-state index contributed by atoms with van der Waals surface area (Å²) in [5, 5.41) is 35.8. The lowest BCUT2D eigenvalue weighted by Gasteiger charge is -2.63. The van der Waals surface area contributed by atoms with E-state index in [1.807, 2.05) is 0 Å². The maximum absolute atomic E-state index is 11.8. The maximum atomic E-state index is 11.8. The second kappa shape index (κ2) is 9.12. The van der Waals surface area contributed by atoms with Crippen LogP contribution < -0.4 is 0 Å². The Morgan fingerprint density at radius 3 is 2.36 bits per heavy atom. The third-order valence-electron chi connectivity index (χ3n) is 12.0. The highest BCUT2D eigenvalue weighted by Gasteiger charge is 2.67. The number of hydrogen-bond acceptors (Lipinski definition) is 4. The number of aliphatic hydroxyl groups is 2. The Kier molecular flexibility index (Phi) is 7.04. The molecule has 0 heterocycles. The van der Waals surface area contributed by atoms with Crippen LogP contribution in [0.2, 0.25) is 0 Å². The molecule has 0 aromatic heterocycles. The molecule has 0 saturated heterocycles. The molecule has 3 N–H and O–H groups in total. The number of rotatable bonds is 6. The number of nitrogens with zero attached hydrogens (tertiary/aromatic N) is 1. The van der Waals surface area contributed by atoms with E-state index < -0.39 is 11.7 Å². The monoisotopic (exact) mass is 461 g/mol. The summed E-state index contributed by atoms with van der Waals surface area (Å²) in [6, 6.07) is 0. The van der Waals surface area contributed by atoms with E-state index in [9.17, 15) is 15.4 Å². The summed E-state index contributed by atoms with van der Waals surface area (Å²) in [6.45, 7) is 14.4. The minimum absolute atomic E-state index is 0.298. The fraction of sp³-hybridized carbons (Fsp3) is 0.966. The van der Waals surface area contributed by atoms with Crippen LogP contribution in [0.5, 0.6) is 0 Å². The van der Waals surface area contributed by atoms with Crippen molar-refractivity contribution in [3.8, 4) is 0 Å². The lowest BCUT2D eigenvalue weighted by atomic mass is 9.42. The van der Waals surface area contributed by atoms with E-state index in [4.69, 9.17) is 0 Å². The Morgan fingerprint density at radius 2 is 1.73 bits per heavy atom. The van der Waals surface area contributed by atoms with Crippen molar-refractivity contribution in [2.24, 2.45) is 57.4 Å². The van der Waals surface area contributed by atoms with E-state index in [2.05, 4.69) is 46.7 Å². The number of hydrogen-bond donors (Lipinski definition) is 3. The Labute approximate surface area is 202 Å². The Bertz CT molecular complexity index is 736. The molecule has 0 aliphatic heterocycles. The van der Waals surface area contributed by atoms with Crippen LogP contribution in [-0.2, 0) is 0 Å². The van der Waals surface area contributed by atoms with Crippen molar-refractivity contribution in [1.29, 1.82) is 0 Å². The van der Waals surface area contributed by atoms with Gasteiger partial charge in [0.2, 0.25) is 0 Å². The first kappa shape index (κ1) is 25.5. The summed E-state index contributed by atoms with van der Waals surface area (Å²) in [7, 11) is 0. The van der Waals surface area contributed by atoms with E-state index in [0.29, 0.717) is 41.7 Å². The van der Waals surface area contributed by atoms with Crippen LogP contribution in [0.3, 0.4) is 0 Å². The van der Waals surface area contributed by atoms with Gasteiger partial charge in [-0.05, 0) is 98.2 Å². The van der Waals surface area contributed by atoms with Crippen LogP contribution in [-0.4, -0.2) is 32.8 Å². The zero-order valence-electron chi connectivity index (χ0n) is 22.2. The molecule has 0 bridgehead atoms. The third-order valence-corrected chi connectivity index (χ3v) is 12.0. The summed E-state index contributed by atoms with van der Waals surface area (Å²) in [5.74, 6) is 4.76. The van der Waals surface area contributed by atoms with E-state index in [1.54, 1.807) is 0 Å². The minimum atomic E-state index is -1.16. The molecule has 4 aliphatic carbocycles.